The number of carbonyl (C=O) groups excluding carboxylic acids is 1. The molecule has 1 aliphatic rings. The van der Waals surface area contributed by atoms with E-state index in [0.29, 0.717) is 18.2 Å². The first-order chi connectivity index (χ1) is 9.28. The fraction of sp³-hybridized carbons (Fsp3) is 0.643. The van der Waals surface area contributed by atoms with Crippen molar-refractivity contribution < 1.29 is 14.3 Å². The molecule has 6 nitrogen and oxygen atoms in total. The van der Waals surface area contributed by atoms with Gasteiger partial charge in [-0.25, -0.2) is 14.8 Å². The third-order valence-electron chi connectivity index (χ3n) is 3.00. The Bertz CT molecular complexity index is 499. The molecule has 1 aromatic rings. The van der Waals surface area contributed by atoms with Crippen LogP contribution < -0.4 is 4.90 Å². The van der Waals surface area contributed by atoms with Crippen molar-refractivity contribution in [1.29, 1.82) is 0 Å². The smallest absolute Gasteiger partial charge is 0.416 e. The Labute approximate surface area is 119 Å². The number of amides is 1. The van der Waals surface area contributed by atoms with Crippen molar-refractivity contribution in [2.45, 2.75) is 52.4 Å². The third-order valence-corrected chi connectivity index (χ3v) is 3.00. The zero-order valence-corrected chi connectivity index (χ0v) is 12.6. The van der Waals surface area contributed by atoms with E-state index in [2.05, 4.69) is 9.97 Å². The summed E-state index contributed by atoms with van der Waals surface area (Å²) in [4.78, 5) is 21.8. The first-order valence-corrected chi connectivity index (χ1v) is 6.71. The van der Waals surface area contributed by atoms with Crippen LogP contribution in [0.3, 0.4) is 0 Å². The second kappa shape index (κ2) is 5.36. The Morgan fingerprint density at radius 1 is 1.50 bits per heavy atom. The Morgan fingerprint density at radius 2 is 2.20 bits per heavy atom. The van der Waals surface area contributed by atoms with Gasteiger partial charge >= 0.3 is 6.09 Å². The summed E-state index contributed by atoms with van der Waals surface area (Å²) in [5.74, 6) is 1.17. The molecular weight excluding hydrogens is 258 g/mol. The molecule has 1 aromatic heterocycles. The van der Waals surface area contributed by atoms with E-state index < -0.39 is 6.09 Å². The number of aromatic nitrogens is 2. The SMILES string of the molecule is Cc1nccc(N2C(=O)OCC2C(C)OC(C)(C)C)n1. The molecular formula is C14H21N3O3. The van der Waals surface area contributed by atoms with Crippen molar-refractivity contribution in [3.63, 3.8) is 0 Å². The first-order valence-electron chi connectivity index (χ1n) is 6.71. The van der Waals surface area contributed by atoms with Crippen LogP contribution in [-0.4, -0.2) is 40.4 Å². The van der Waals surface area contributed by atoms with E-state index in [1.54, 1.807) is 24.1 Å². The van der Waals surface area contributed by atoms with Crippen LogP contribution in [0.1, 0.15) is 33.5 Å². The molecule has 0 radical (unpaired) electrons. The quantitative estimate of drug-likeness (QED) is 0.849. The number of hydrogen-bond acceptors (Lipinski definition) is 5. The molecule has 2 unspecified atom stereocenters. The summed E-state index contributed by atoms with van der Waals surface area (Å²) in [5.41, 5.74) is -0.279. The van der Waals surface area contributed by atoms with E-state index in [1.165, 1.54) is 0 Å². The second-order valence-corrected chi connectivity index (χ2v) is 5.91. The zero-order chi connectivity index (χ0) is 14.9. The summed E-state index contributed by atoms with van der Waals surface area (Å²) < 4.78 is 11.1. The summed E-state index contributed by atoms with van der Waals surface area (Å²) in [6.07, 6.45) is 1.09. The number of anilines is 1. The van der Waals surface area contributed by atoms with Gasteiger partial charge in [0.25, 0.3) is 0 Å². The van der Waals surface area contributed by atoms with Crippen LogP contribution in [0.25, 0.3) is 0 Å². The Kier molecular flexibility index (Phi) is 3.94. The highest BCUT2D eigenvalue weighted by Crippen LogP contribution is 2.26. The van der Waals surface area contributed by atoms with E-state index in [9.17, 15) is 4.79 Å². The first kappa shape index (κ1) is 14.7. The highest BCUT2D eigenvalue weighted by Gasteiger charge is 2.40. The van der Waals surface area contributed by atoms with Crippen molar-refractivity contribution in [3.8, 4) is 0 Å². The standard InChI is InChI=1S/C14H21N3O3/c1-9(20-14(3,4)5)11-8-19-13(18)17(11)12-6-7-15-10(2)16-12/h6-7,9,11H,8H2,1-5H3. The predicted molar refractivity (Wildman–Crippen MR) is 74.7 cm³/mol. The van der Waals surface area contributed by atoms with Crippen LogP contribution in [-0.2, 0) is 9.47 Å². The number of carbonyl (C=O) groups is 1. The van der Waals surface area contributed by atoms with Crippen LogP contribution >= 0.6 is 0 Å². The molecule has 2 atom stereocenters. The average Bonchev–Trinajstić information content (AvgIpc) is 2.69. The molecule has 110 valence electrons. The van der Waals surface area contributed by atoms with Crippen molar-refractivity contribution in [2.75, 3.05) is 11.5 Å². The molecule has 0 aliphatic carbocycles. The maximum absolute atomic E-state index is 12.0. The van der Waals surface area contributed by atoms with Gasteiger partial charge in [-0.2, -0.15) is 0 Å². The minimum Gasteiger partial charge on any atom is -0.447 e. The lowest BCUT2D eigenvalue weighted by atomic mass is 10.1. The number of rotatable bonds is 3. The van der Waals surface area contributed by atoms with E-state index >= 15 is 0 Å². The van der Waals surface area contributed by atoms with E-state index in [1.807, 2.05) is 27.7 Å². The normalized spacial score (nSPS) is 20.9. The van der Waals surface area contributed by atoms with Crippen molar-refractivity contribution >= 4 is 11.9 Å². The van der Waals surface area contributed by atoms with Crippen LogP contribution in [0.5, 0.6) is 0 Å². The molecule has 2 heterocycles. The Morgan fingerprint density at radius 3 is 2.80 bits per heavy atom. The molecule has 1 fully saturated rings. The van der Waals surface area contributed by atoms with E-state index in [-0.39, 0.29) is 17.7 Å². The molecule has 2 rings (SSSR count). The van der Waals surface area contributed by atoms with E-state index in [0.717, 1.165) is 0 Å². The number of aryl methyl sites for hydroxylation is 1. The van der Waals surface area contributed by atoms with Crippen LogP contribution in [0.4, 0.5) is 10.6 Å². The van der Waals surface area contributed by atoms with Gasteiger partial charge in [0.1, 0.15) is 24.3 Å². The summed E-state index contributed by atoms with van der Waals surface area (Å²) in [6, 6.07) is 1.52. The minimum absolute atomic E-state index is 0.156. The highest BCUT2D eigenvalue weighted by molar-refractivity contribution is 5.89. The summed E-state index contributed by atoms with van der Waals surface area (Å²) in [5, 5.41) is 0. The van der Waals surface area contributed by atoms with Gasteiger partial charge in [0, 0.05) is 6.20 Å². The van der Waals surface area contributed by atoms with Gasteiger partial charge in [-0.3, -0.25) is 4.90 Å². The van der Waals surface area contributed by atoms with Gasteiger partial charge in [-0.15, -0.1) is 0 Å². The lowest BCUT2D eigenvalue weighted by Crippen LogP contribution is -2.45. The van der Waals surface area contributed by atoms with Gasteiger partial charge in [0.05, 0.1) is 11.7 Å². The minimum atomic E-state index is -0.391. The lowest BCUT2D eigenvalue weighted by Gasteiger charge is -2.31. The molecule has 0 bridgehead atoms. The third kappa shape index (κ3) is 3.25. The number of cyclic esters (lactones) is 1. The van der Waals surface area contributed by atoms with Crippen molar-refractivity contribution in [1.82, 2.24) is 9.97 Å². The molecule has 0 spiro atoms. The van der Waals surface area contributed by atoms with Gasteiger partial charge in [-0.05, 0) is 40.7 Å². The predicted octanol–water partition coefficient (Wildman–Crippen LogP) is 2.31. The molecule has 6 heteroatoms. The molecule has 0 N–H and O–H groups in total. The molecule has 1 saturated heterocycles. The maximum atomic E-state index is 12.0. The number of hydrogen-bond donors (Lipinski definition) is 0. The summed E-state index contributed by atoms with van der Waals surface area (Å²) >= 11 is 0. The van der Waals surface area contributed by atoms with E-state index in [4.69, 9.17) is 9.47 Å². The molecule has 0 aromatic carbocycles. The summed E-state index contributed by atoms with van der Waals surface area (Å²) in [6.45, 7) is 9.99. The van der Waals surface area contributed by atoms with Gasteiger partial charge < -0.3 is 9.47 Å². The van der Waals surface area contributed by atoms with Crippen molar-refractivity contribution in [3.05, 3.63) is 18.1 Å². The second-order valence-electron chi connectivity index (χ2n) is 5.91. The van der Waals surface area contributed by atoms with Crippen LogP contribution in [0.2, 0.25) is 0 Å². The maximum Gasteiger partial charge on any atom is 0.416 e. The molecule has 1 aliphatic heterocycles. The molecule has 20 heavy (non-hydrogen) atoms. The average molecular weight is 279 g/mol. The largest absolute Gasteiger partial charge is 0.447 e. The topological polar surface area (TPSA) is 64.6 Å². The van der Waals surface area contributed by atoms with Crippen molar-refractivity contribution in [2.24, 2.45) is 0 Å². The van der Waals surface area contributed by atoms with Gasteiger partial charge in [0.2, 0.25) is 0 Å². The Balaban J connectivity index is 2.23. The lowest BCUT2D eigenvalue weighted by molar-refractivity contribution is -0.0618. The monoisotopic (exact) mass is 279 g/mol. The number of ether oxygens (including phenoxy) is 2. The van der Waals surface area contributed by atoms with Gasteiger partial charge in [0.15, 0.2) is 0 Å². The van der Waals surface area contributed by atoms with Crippen LogP contribution in [0.15, 0.2) is 12.3 Å². The molecule has 0 saturated carbocycles. The Hall–Kier alpha value is -1.69. The molecule has 1 amide bonds. The number of nitrogens with zero attached hydrogens (tertiary/aromatic N) is 3. The van der Waals surface area contributed by atoms with Gasteiger partial charge in [-0.1, -0.05) is 0 Å². The van der Waals surface area contributed by atoms with Crippen LogP contribution in [0, 0.1) is 6.92 Å². The fourth-order valence-corrected chi connectivity index (χ4v) is 2.26. The fourth-order valence-electron chi connectivity index (χ4n) is 2.26. The zero-order valence-electron chi connectivity index (χ0n) is 12.6. The summed E-state index contributed by atoms with van der Waals surface area (Å²) in [7, 11) is 0. The highest BCUT2D eigenvalue weighted by atomic mass is 16.6.